The van der Waals surface area contributed by atoms with Gasteiger partial charge in [-0.1, -0.05) is 12.6 Å². The summed E-state index contributed by atoms with van der Waals surface area (Å²) < 4.78 is 6.29. The fourth-order valence-electron chi connectivity index (χ4n) is 6.39. The van der Waals surface area contributed by atoms with Gasteiger partial charge in [0.1, 0.15) is 6.10 Å². The van der Waals surface area contributed by atoms with Crippen LogP contribution in [0.25, 0.3) is 0 Å². The molecule has 2 heterocycles. The molecule has 0 radical (unpaired) electrons. The highest BCUT2D eigenvalue weighted by atomic mass is 35.5. The van der Waals surface area contributed by atoms with E-state index in [-0.39, 0.29) is 30.3 Å². The molecule has 5 aliphatic rings. The number of phenolic OH excluding ortho intramolecular Hbond substituents is 1. The molecule has 1 saturated heterocycles. The zero-order valence-corrected chi connectivity index (χ0v) is 15.7. The molecule has 0 aromatic heterocycles. The van der Waals surface area contributed by atoms with Gasteiger partial charge in [0, 0.05) is 18.2 Å². The van der Waals surface area contributed by atoms with Crippen LogP contribution in [-0.2, 0) is 11.8 Å². The highest BCUT2D eigenvalue weighted by Gasteiger charge is 2.71. The number of aliphatic hydroxyl groups is 1. The number of aromatic hydroxyl groups is 1. The Bertz CT molecular complexity index is 807. The maximum Gasteiger partial charge on any atom is 0.166 e. The molecule has 3 aliphatic carbocycles. The van der Waals surface area contributed by atoms with E-state index in [0.717, 1.165) is 55.8 Å². The molecule has 2 saturated carbocycles. The number of benzene rings is 1. The topological polar surface area (TPSA) is 52.9 Å². The number of piperidine rings is 1. The summed E-state index contributed by atoms with van der Waals surface area (Å²) >= 11 is 0. The Balaban J connectivity index is 0.00000150. The van der Waals surface area contributed by atoms with E-state index < -0.39 is 11.0 Å². The lowest BCUT2D eigenvalue weighted by Crippen LogP contribution is -2.75. The molecule has 4 unspecified atom stereocenters. The molecule has 4 nitrogen and oxygen atoms in total. The first-order valence-electron chi connectivity index (χ1n) is 9.71. The third-order valence-electron chi connectivity index (χ3n) is 7.71. The largest absolute Gasteiger partial charge is 0.504 e. The van der Waals surface area contributed by atoms with E-state index >= 15 is 0 Å². The van der Waals surface area contributed by atoms with Crippen LogP contribution in [0.1, 0.15) is 43.2 Å². The minimum atomic E-state index is -0.780. The van der Waals surface area contributed by atoms with Crippen LogP contribution in [0, 0.1) is 5.92 Å². The van der Waals surface area contributed by atoms with Crippen LogP contribution < -0.4 is 4.74 Å². The van der Waals surface area contributed by atoms with Crippen molar-refractivity contribution in [1.82, 2.24) is 4.90 Å². The van der Waals surface area contributed by atoms with Crippen LogP contribution in [-0.4, -0.2) is 45.9 Å². The summed E-state index contributed by atoms with van der Waals surface area (Å²) in [5.74, 6) is 1.64. The van der Waals surface area contributed by atoms with Crippen molar-refractivity contribution in [2.24, 2.45) is 5.92 Å². The number of halogens is 1. The molecular weight excluding hydrogens is 350 g/mol. The molecule has 2 bridgehead atoms. The van der Waals surface area contributed by atoms with Crippen molar-refractivity contribution in [3.8, 4) is 11.5 Å². The molecule has 4 atom stereocenters. The van der Waals surface area contributed by atoms with Crippen molar-refractivity contribution in [3.05, 3.63) is 35.4 Å². The molecule has 1 spiro atoms. The van der Waals surface area contributed by atoms with E-state index in [9.17, 15) is 10.2 Å². The van der Waals surface area contributed by atoms with Crippen LogP contribution in [0.15, 0.2) is 24.3 Å². The third-order valence-corrected chi connectivity index (χ3v) is 7.71. The van der Waals surface area contributed by atoms with Gasteiger partial charge >= 0.3 is 0 Å². The summed E-state index contributed by atoms with van der Waals surface area (Å²) in [4.78, 5) is 2.56. The normalized spacial score (nSPS) is 39.8. The summed E-state index contributed by atoms with van der Waals surface area (Å²) in [6.45, 7) is 6.40. The Morgan fingerprint density at radius 3 is 2.85 bits per heavy atom. The predicted molar refractivity (Wildman–Crippen MR) is 101 cm³/mol. The maximum absolute atomic E-state index is 12.1. The number of likely N-dealkylation sites (tertiary alicyclic amines) is 1. The van der Waals surface area contributed by atoms with E-state index in [0.29, 0.717) is 5.75 Å². The smallest absolute Gasteiger partial charge is 0.166 e. The summed E-state index contributed by atoms with van der Waals surface area (Å²) in [7, 11) is 0. The van der Waals surface area contributed by atoms with Crippen molar-refractivity contribution >= 4 is 12.4 Å². The first kappa shape index (κ1) is 16.9. The third kappa shape index (κ3) is 1.78. The second kappa shape index (κ2) is 5.18. The molecule has 2 aliphatic heterocycles. The molecule has 3 fully saturated rings. The van der Waals surface area contributed by atoms with Crippen molar-refractivity contribution in [2.75, 3.05) is 13.1 Å². The standard InChI is InChI=1S/C21H25NO3.ClH/c1-12-6-7-21(24)16-10-14-4-5-15(23)18-17(14)20(21,19(12)25-18)8-9-22(16)11-13-2-3-13;/h4-5,13,16,19,23-24H,1-3,6-11H2;1H. The first-order chi connectivity index (χ1) is 12.0. The van der Waals surface area contributed by atoms with Gasteiger partial charge in [0.05, 0.1) is 11.0 Å². The van der Waals surface area contributed by atoms with Crippen molar-refractivity contribution < 1.29 is 14.9 Å². The van der Waals surface area contributed by atoms with Gasteiger partial charge in [-0.2, -0.15) is 0 Å². The van der Waals surface area contributed by atoms with E-state index in [2.05, 4.69) is 11.5 Å². The van der Waals surface area contributed by atoms with Crippen molar-refractivity contribution in [3.63, 3.8) is 0 Å². The Morgan fingerprint density at radius 2 is 2.08 bits per heavy atom. The zero-order valence-electron chi connectivity index (χ0n) is 14.9. The van der Waals surface area contributed by atoms with Gasteiger partial charge in [0.15, 0.2) is 11.5 Å². The summed E-state index contributed by atoms with van der Waals surface area (Å²) in [5.41, 5.74) is 2.21. The molecule has 6 rings (SSSR count). The Morgan fingerprint density at radius 1 is 1.27 bits per heavy atom. The lowest BCUT2D eigenvalue weighted by atomic mass is 9.48. The molecule has 5 heteroatoms. The second-order valence-electron chi connectivity index (χ2n) is 8.91. The molecule has 140 valence electrons. The SMILES string of the molecule is C=C1CCC2(O)C3Cc4ccc(O)c5c4C2(CCN3CC2CC2)C1O5.Cl. The lowest BCUT2D eigenvalue weighted by Gasteiger charge is -2.63. The Hall–Kier alpha value is -1.23. The highest BCUT2D eigenvalue weighted by Crippen LogP contribution is 2.66. The van der Waals surface area contributed by atoms with Gasteiger partial charge in [0.2, 0.25) is 0 Å². The number of hydrogen-bond acceptors (Lipinski definition) is 4. The van der Waals surface area contributed by atoms with Crippen LogP contribution in [0.4, 0.5) is 0 Å². The van der Waals surface area contributed by atoms with Gasteiger partial charge in [-0.05, 0) is 68.2 Å². The van der Waals surface area contributed by atoms with Gasteiger partial charge in [0.25, 0.3) is 0 Å². The molecule has 1 aromatic rings. The van der Waals surface area contributed by atoms with Crippen molar-refractivity contribution in [1.29, 1.82) is 0 Å². The van der Waals surface area contributed by atoms with Crippen LogP contribution in [0.2, 0.25) is 0 Å². The minimum absolute atomic E-state index is 0. The van der Waals surface area contributed by atoms with E-state index in [4.69, 9.17) is 4.74 Å². The predicted octanol–water partition coefficient (Wildman–Crippen LogP) is 2.93. The minimum Gasteiger partial charge on any atom is -0.504 e. The van der Waals surface area contributed by atoms with Gasteiger partial charge in [-0.25, -0.2) is 0 Å². The first-order valence-corrected chi connectivity index (χ1v) is 9.71. The monoisotopic (exact) mass is 375 g/mol. The number of ether oxygens (including phenoxy) is 1. The average Bonchev–Trinajstić information content (AvgIpc) is 3.32. The van der Waals surface area contributed by atoms with Gasteiger partial charge in [-0.3, -0.25) is 4.90 Å². The highest BCUT2D eigenvalue weighted by molar-refractivity contribution is 5.85. The van der Waals surface area contributed by atoms with Crippen LogP contribution in [0.3, 0.4) is 0 Å². The molecule has 1 aromatic carbocycles. The summed E-state index contributed by atoms with van der Waals surface area (Å²) in [6, 6.07) is 3.96. The number of hydrogen-bond donors (Lipinski definition) is 2. The number of phenols is 1. The fourth-order valence-corrected chi connectivity index (χ4v) is 6.39. The van der Waals surface area contributed by atoms with Gasteiger partial charge < -0.3 is 14.9 Å². The second-order valence-corrected chi connectivity index (χ2v) is 8.91. The van der Waals surface area contributed by atoms with E-state index in [1.807, 2.05) is 6.07 Å². The lowest BCUT2D eigenvalue weighted by molar-refractivity contribution is -0.174. The fraction of sp³-hybridized carbons (Fsp3) is 0.619. The van der Waals surface area contributed by atoms with E-state index in [1.54, 1.807) is 6.07 Å². The van der Waals surface area contributed by atoms with Gasteiger partial charge in [-0.15, -0.1) is 12.4 Å². The quantitative estimate of drug-likeness (QED) is 0.780. The summed E-state index contributed by atoms with van der Waals surface area (Å²) in [6.07, 6.45) is 5.79. The van der Waals surface area contributed by atoms with Crippen LogP contribution >= 0.6 is 12.4 Å². The number of nitrogens with zero attached hydrogens (tertiary/aromatic N) is 1. The molecular formula is C21H26ClNO3. The van der Waals surface area contributed by atoms with Crippen LogP contribution in [0.5, 0.6) is 11.5 Å². The molecule has 2 N–H and O–H groups in total. The number of rotatable bonds is 2. The van der Waals surface area contributed by atoms with Crippen molar-refractivity contribution in [2.45, 2.75) is 61.7 Å². The van der Waals surface area contributed by atoms with E-state index in [1.165, 1.54) is 18.4 Å². The molecule has 0 amide bonds. The maximum atomic E-state index is 12.1. The Labute approximate surface area is 160 Å². The zero-order chi connectivity index (χ0) is 17.0. The Kier molecular flexibility index (Phi) is 3.37. The average molecular weight is 376 g/mol. The summed E-state index contributed by atoms with van der Waals surface area (Å²) in [5, 5.41) is 22.5. The molecule has 26 heavy (non-hydrogen) atoms.